The maximum Gasteiger partial charge on any atom is 0.136 e. The third kappa shape index (κ3) is 3.86. The van der Waals surface area contributed by atoms with E-state index < -0.39 is 0 Å². The number of benzene rings is 7. The molecule has 14 radical (unpaired) electrons. The highest BCUT2D eigenvalue weighted by Gasteiger charge is 2.26. The first-order valence-corrected chi connectivity index (χ1v) is 14.3. The van der Waals surface area contributed by atoms with E-state index in [1.807, 2.05) is 72.8 Å². The third-order valence-corrected chi connectivity index (χ3v) is 8.94. The second-order valence-electron chi connectivity index (χ2n) is 11.4. The SMILES string of the molecule is [B]c1c([B])c([B])c2c(-c3ccc4oc5cc6ccccc6cc5c4c3)c3c(O)c([B])c([B])c([B])c3c(-c3ccccc3)c2c1[B]. The van der Waals surface area contributed by atoms with Gasteiger partial charge in [-0.25, -0.2) is 0 Å². The van der Waals surface area contributed by atoms with Gasteiger partial charge >= 0.3 is 0 Å². The lowest BCUT2D eigenvalue weighted by Gasteiger charge is -2.27. The predicted molar refractivity (Wildman–Crippen MR) is 196 cm³/mol. The van der Waals surface area contributed by atoms with E-state index in [1.54, 1.807) is 0 Å². The molecule has 0 aliphatic carbocycles. The summed E-state index contributed by atoms with van der Waals surface area (Å²) in [7, 11) is 46.1. The monoisotopic (exact) mass is 556 g/mol. The van der Waals surface area contributed by atoms with Gasteiger partial charge in [0.25, 0.3) is 0 Å². The Kier molecular flexibility index (Phi) is 6.16. The molecular weight excluding hydrogens is 540 g/mol. The first-order chi connectivity index (χ1) is 21.7. The van der Waals surface area contributed by atoms with E-state index in [0.29, 0.717) is 43.8 Å². The lowest BCUT2D eigenvalue weighted by Crippen LogP contribution is -2.48. The molecule has 0 amide bonds. The van der Waals surface area contributed by atoms with Crippen LogP contribution in [0, 0.1) is 0 Å². The van der Waals surface area contributed by atoms with Crippen LogP contribution in [0.15, 0.2) is 89.3 Å². The fourth-order valence-corrected chi connectivity index (χ4v) is 6.70. The number of aromatic hydroxyl groups is 1. The normalized spacial score (nSPS) is 11.8. The maximum absolute atomic E-state index is 11.8. The summed E-state index contributed by atoms with van der Waals surface area (Å²) < 4.78 is 6.27. The van der Waals surface area contributed by atoms with Gasteiger partial charge < -0.3 is 9.52 Å². The molecule has 0 saturated carbocycles. The second-order valence-corrected chi connectivity index (χ2v) is 11.4. The van der Waals surface area contributed by atoms with E-state index in [-0.39, 0.29) is 44.0 Å². The van der Waals surface area contributed by atoms with Crippen LogP contribution in [-0.4, -0.2) is 60.0 Å². The number of phenolic OH excluding ortho intramolecular Hbond substituents is 1. The molecule has 8 rings (SSSR count). The van der Waals surface area contributed by atoms with Gasteiger partial charge in [0.05, 0.1) is 0 Å². The van der Waals surface area contributed by atoms with Gasteiger partial charge in [-0.15, -0.1) is 16.4 Å². The fourth-order valence-electron chi connectivity index (χ4n) is 6.70. The van der Waals surface area contributed by atoms with E-state index in [4.69, 9.17) is 59.3 Å². The Hall–Kier alpha value is -4.63. The van der Waals surface area contributed by atoms with Crippen molar-refractivity contribution in [2.75, 3.05) is 0 Å². The molecule has 9 heteroatoms. The molecule has 0 spiro atoms. The van der Waals surface area contributed by atoms with Gasteiger partial charge in [-0.05, 0) is 67.9 Å². The Balaban J connectivity index is 1.63. The Morgan fingerprint density at radius 2 is 0.933 bits per heavy atom. The molecule has 0 aliphatic rings. The van der Waals surface area contributed by atoms with Crippen molar-refractivity contribution < 1.29 is 9.52 Å². The molecule has 0 bridgehead atoms. The molecule has 45 heavy (non-hydrogen) atoms. The second kappa shape index (κ2) is 9.94. The molecule has 2 nitrogen and oxygen atoms in total. The van der Waals surface area contributed by atoms with Gasteiger partial charge in [0.15, 0.2) is 0 Å². The summed E-state index contributed by atoms with van der Waals surface area (Å²) in [6.07, 6.45) is 0. The number of fused-ring (bicyclic) bond motifs is 6. The molecule has 7 aromatic carbocycles. The summed E-state index contributed by atoms with van der Waals surface area (Å²) in [5.41, 5.74) is 4.96. The molecule has 0 fully saturated rings. The smallest absolute Gasteiger partial charge is 0.136 e. The van der Waals surface area contributed by atoms with E-state index in [1.165, 1.54) is 0 Å². The van der Waals surface area contributed by atoms with Crippen molar-refractivity contribution in [1.82, 2.24) is 0 Å². The number of hydrogen-bond acceptors (Lipinski definition) is 2. The van der Waals surface area contributed by atoms with Crippen molar-refractivity contribution in [3.8, 4) is 28.0 Å². The van der Waals surface area contributed by atoms with E-state index >= 15 is 0 Å². The highest BCUT2D eigenvalue weighted by Crippen LogP contribution is 2.45. The number of furan rings is 1. The number of hydrogen-bond donors (Lipinski definition) is 1. The average molecular weight is 555 g/mol. The van der Waals surface area contributed by atoms with Crippen LogP contribution < -0.4 is 38.2 Å². The van der Waals surface area contributed by atoms with Crippen LogP contribution in [-0.2, 0) is 0 Å². The van der Waals surface area contributed by atoms with Crippen LogP contribution in [0.2, 0.25) is 0 Å². The van der Waals surface area contributed by atoms with Gasteiger partial charge in [0.2, 0.25) is 0 Å². The van der Waals surface area contributed by atoms with Gasteiger partial charge in [0.1, 0.15) is 71.8 Å². The zero-order chi connectivity index (χ0) is 31.3. The zero-order valence-corrected chi connectivity index (χ0v) is 24.0. The molecule has 1 N–H and O–H groups in total. The molecule has 192 valence electrons. The number of rotatable bonds is 2. The Morgan fingerprint density at radius 3 is 1.58 bits per heavy atom. The summed E-state index contributed by atoms with van der Waals surface area (Å²) in [5, 5.41) is 17.6. The molecule has 0 unspecified atom stereocenters. The summed E-state index contributed by atoms with van der Waals surface area (Å²) in [6, 6.07) is 27.5. The lowest BCUT2D eigenvalue weighted by molar-refractivity contribution is 0.486. The third-order valence-electron chi connectivity index (χ3n) is 8.94. The van der Waals surface area contributed by atoms with Gasteiger partial charge in [-0.1, -0.05) is 82.5 Å². The van der Waals surface area contributed by atoms with Crippen molar-refractivity contribution in [2.45, 2.75) is 0 Å². The summed E-state index contributed by atoms with van der Waals surface area (Å²) in [5.74, 6) is -0.234. The molecule has 0 aliphatic heterocycles. The van der Waals surface area contributed by atoms with Crippen molar-refractivity contribution in [2.24, 2.45) is 0 Å². The quantitative estimate of drug-likeness (QED) is 0.260. The van der Waals surface area contributed by atoms with E-state index in [0.717, 1.165) is 32.7 Å². The van der Waals surface area contributed by atoms with Crippen LogP contribution in [0.5, 0.6) is 5.75 Å². The Labute approximate surface area is 269 Å². The molecule has 1 heterocycles. The molecule has 0 saturated heterocycles. The zero-order valence-electron chi connectivity index (χ0n) is 24.0. The first-order valence-electron chi connectivity index (χ1n) is 14.3. The topological polar surface area (TPSA) is 33.4 Å². The fraction of sp³-hybridized carbons (Fsp3) is 0. The molecular formula is C36H15B7O2. The molecule has 8 aromatic rings. The van der Waals surface area contributed by atoms with E-state index in [9.17, 15) is 5.11 Å². The van der Waals surface area contributed by atoms with Crippen LogP contribution in [0.25, 0.3) is 76.5 Å². The van der Waals surface area contributed by atoms with Crippen molar-refractivity contribution in [1.29, 1.82) is 0 Å². The predicted octanol–water partition coefficient (Wildman–Crippen LogP) is 1.64. The van der Waals surface area contributed by atoms with Crippen LogP contribution in [0.4, 0.5) is 0 Å². The van der Waals surface area contributed by atoms with Crippen LogP contribution in [0.3, 0.4) is 0 Å². The first kappa shape index (κ1) is 27.9. The highest BCUT2D eigenvalue weighted by molar-refractivity contribution is 6.69. The number of phenols is 1. The molecule has 1 aromatic heterocycles. The lowest BCUT2D eigenvalue weighted by atomic mass is 9.61. The minimum atomic E-state index is -0.234. The Morgan fingerprint density at radius 1 is 0.422 bits per heavy atom. The van der Waals surface area contributed by atoms with Crippen LogP contribution >= 0.6 is 0 Å². The minimum Gasteiger partial charge on any atom is -0.508 e. The minimum absolute atomic E-state index is 0.0455. The summed E-state index contributed by atoms with van der Waals surface area (Å²) in [6.45, 7) is 0. The highest BCUT2D eigenvalue weighted by atomic mass is 16.3. The van der Waals surface area contributed by atoms with Gasteiger partial charge in [0, 0.05) is 21.7 Å². The van der Waals surface area contributed by atoms with Crippen LogP contribution in [0.1, 0.15) is 0 Å². The summed E-state index contributed by atoms with van der Waals surface area (Å²) >= 11 is 0. The Bertz CT molecular complexity index is 2490. The standard InChI is InChI=1S/C36H15B7O2/c37-29-25-23(15-6-2-1-3-7-15)27-28(36(44)35(43)34(42)31(27)39)24(26(25)30(38)33(41)32(29)40)18-10-11-21-19(13-18)20-12-16-8-4-5-9-17(16)14-22(20)45-21/h1-14,44H. The van der Waals surface area contributed by atoms with Gasteiger partial charge in [-0.2, -0.15) is 0 Å². The van der Waals surface area contributed by atoms with E-state index in [2.05, 4.69) is 12.1 Å². The maximum atomic E-state index is 11.8. The summed E-state index contributed by atoms with van der Waals surface area (Å²) in [4.78, 5) is 0. The average Bonchev–Trinajstić information content (AvgIpc) is 3.42. The largest absolute Gasteiger partial charge is 0.508 e. The van der Waals surface area contributed by atoms with Crippen molar-refractivity contribution in [3.63, 3.8) is 0 Å². The molecule has 0 atom stereocenters. The van der Waals surface area contributed by atoms with Crippen molar-refractivity contribution in [3.05, 3.63) is 84.9 Å². The van der Waals surface area contributed by atoms with Gasteiger partial charge in [-0.3, -0.25) is 0 Å². The van der Waals surface area contributed by atoms with Crippen molar-refractivity contribution >= 4 is 147 Å².